The number of carbonyl (C=O) groups is 1. The Morgan fingerprint density at radius 2 is 1.83 bits per heavy atom. The van der Waals surface area contributed by atoms with Gasteiger partial charge in [-0.15, -0.1) is 0 Å². The van der Waals surface area contributed by atoms with Gasteiger partial charge >= 0.3 is 0 Å². The van der Waals surface area contributed by atoms with E-state index in [1.165, 1.54) is 12.1 Å². The molecule has 2 aromatic rings. The highest BCUT2D eigenvalue weighted by Crippen LogP contribution is 2.26. The molecule has 2 atom stereocenters. The molecule has 0 radical (unpaired) electrons. The lowest BCUT2D eigenvalue weighted by atomic mass is 10.1. The second-order valence-electron chi connectivity index (χ2n) is 6.20. The minimum Gasteiger partial charge on any atom is -0.399 e. The number of benzene rings is 2. The minimum absolute atomic E-state index is 0.0574. The Hall–Kier alpha value is -2.40. The monoisotopic (exact) mass is 328 g/mol. The molecule has 0 saturated carbocycles. The summed E-state index contributed by atoms with van der Waals surface area (Å²) in [6.45, 7) is 2.98. The molecular formula is C19H21FN2O2. The third kappa shape index (κ3) is 3.92. The Balaban J connectivity index is 1.69. The van der Waals surface area contributed by atoms with Crippen molar-refractivity contribution in [1.29, 1.82) is 0 Å². The Kier molecular flexibility index (Phi) is 4.81. The SMILES string of the molecule is C[C@@H]1CN(C(=O)Cc2ccc(N)cc2)C[C@@H](c2ccc(F)cc2)O1. The number of ether oxygens (including phenoxy) is 1. The molecule has 0 bridgehead atoms. The van der Waals surface area contributed by atoms with E-state index in [2.05, 4.69) is 0 Å². The quantitative estimate of drug-likeness (QED) is 0.882. The van der Waals surface area contributed by atoms with E-state index in [-0.39, 0.29) is 23.9 Å². The maximum Gasteiger partial charge on any atom is 0.227 e. The Bertz CT molecular complexity index is 700. The summed E-state index contributed by atoms with van der Waals surface area (Å²) in [5.74, 6) is -0.221. The third-order valence-electron chi connectivity index (χ3n) is 4.19. The normalized spacial score (nSPS) is 20.8. The number of anilines is 1. The van der Waals surface area contributed by atoms with Gasteiger partial charge in [-0.3, -0.25) is 4.79 Å². The van der Waals surface area contributed by atoms with E-state index in [0.717, 1.165) is 11.1 Å². The average molecular weight is 328 g/mol. The first-order valence-electron chi connectivity index (χ1n) is 8.04. The van der Waals surface area contributed by atoms with Gasteiger partial charge in [-0.2, -0.15) is 0 Å². The van der Waals surface area contributed by atoms with Gasteiger partial charge in [0, 0.05) is 12.2 Å². The largest absolute Gasteiger partial charge is 0.399 e. The van der Waals surface area contributed by atoms with Gasteiger partial charge in [0.25, 0.3) is 0 Å². The van der Waals surface area contributed by atoms with Crippen LogP contribution in [0.15, 0.2) is 48.5 Å². The summed E-state index contributed by atoms with van der Waals surface area (Å²) in [6.07, 6.45) is 0.0391. The summed E-state index contributed by atoms with van der Waals surface area (Å²) < 4.78 is 19.0. The van der Waals surface area contributed by atoms with Crippen LogP contribution in [0.3, 0.4) is 0 Å². The van der Waals surface area contributed by atoms with Crippen LogP contribution in [0, 0.1) is 5.82 Å². The van der Waals surface area contributed by atoms with E-state index >= 15 is 0 Å². The Morgan fingerprint density at radius 3 is 2.50 bits per heavy atom. The maximum absolute atomic E-state index is 13.1. The van der Waals surface area contributed by atoms with Crippen LogP contribution in [0.1, 0.15) is 24.2 Å². The molecule has 0 unspecified atom stereocenters. The van der Waals surface area contributed by atoms with Gasteiger partial charge in [-0.05, 0) is 42.3 Å². The first-order valence-corrected chi connectivity index (χ1v) is 8.04. The molecule has 5 heteroatoms. The second kappa shape index (κ2) is 7.01. The van der Waals surface area contributed by atoms with E-state index in [4.69, 9.17) is 10.5 Å². The molecule has 0 aliphatic carbocycles. The minimum atomic E-state index is -0.279. The smallest absolute Gasteiger partial charge is 0.227 e. The Labute approximate surface area is 141 Å². The standard InChI is InChI=1S/C19H21FN2O2/c1-13-11-22(19(23)10-14-2-8-17(21)9-3-14)12-18(24-13)15-4-6-16(20)7-5-15/h2-9,13,18H,10-12,21H2,1H3/t13-,18+/m1/s1. The molecule has 1 saturated heterocycles. The summed E-state index contributed by atoms with van der Waals surface area (Å²) in [5, 5.41) is 0. The van der Waals surface area contributed by atoms with Crippen molar-refractivity contribution in [3.8, 4) is 0 Å². The van der Waals surface area contributed by atoms with Crippen molar-refractivity contribution in [2.45, 2.75) is 25.6 Å². The van der Waals surface area contributed by atoms with Crippen molar-refractivity contribution in [1.82, 2.24) is 4.90 Å². The third-order valence-corrected chi connectivity index (χ3v) is 4.19. The average Bonchev–Trinajstić information content (AvgIpc) is 2.57. The molecule has 4 nitrogen and oxygen atoms in total. The van der Waals surface area contributed by atoms with Crippen molar-refractivity contribution in [3.05, 3.63) is 65.5 Å². The molecule has 0 aromatic heterocycles. The van der Waals surface area contributed by atoms with Gasteiger partial charge in [0.05, 0.1) is 19.1 Å². The predicted octanol–water partition coefficient (Wildman–Crippen LogP) is 2.94. The highest BCUT2D eigenvalue weighted by Gasteiger charge is 2.29. The lowest BCUT2D eigenvalue weighted by Gasteiger charge is -2.37. The van der Waals surface area contributed by atoms with Crippen molar-refractivity contribution in [2.75, 3.05) is 18.8 Å². The summed E-state index contributed by atoms with van der Waals surface area (Å²) in [6, 6.07) is 13.6. The van der Waals surface area contributed by atoms with Crippen molar-refractivity contribution >= 4 is 11.6 Å². The van der Waals surface area contributed by atoms with E-state index in [1.54, 1.807) is 24.3 Å². The number of morpholine rings is 1. The van der Waals surface area contributed by atoms with Crippen molar-refractivity contribution in [2.24, 2.45) is 0 Å². The zero-order valence-electron chi connectivity index (χ0n) is 13.6. The highest BCUT2D eigenvalue weighted by atomic mass is 19.1. The number of halogens is 1. The first kappa shape index (κ1) is 16.5. The van der Waals surface area contributed by atoms with Gasteiger partial charge < -0.3 is 15.4 Å². The summed E-state index contributed by atoms with van der Waals surface area (Å²) >= 11 is 0. The van der Waals surface area contributed by atoms with E-state index in [0.29, 0.717) is 25.2 Å². The highest BCUT2D eigenvalue weighted by molar-refractivity contribution is 5.79. The number of nitrogens with zero attached hydrogens (tertiary/aromatic N) is 1. The number of hydrogen-bond donors (Lipinski definition) is 1. The molecule has 126 valence electrons. The fourth-order valence-corrected chi connectivity index (χ4v) is 2.94. The zero-order valence-corrected chi connectivity index (χ0v) is 13.6. The van der Waals surface area contributed by atoms with E-state index in [1.807, 2.05) is 24.0 Å². The van der Waals surface area contributed by atoms with Crippen LogP contribution in [0.4, 0.5) is 10.1 Å². The number of amides is 1. The van der Waals surface area contributed by atoms with E-state index in [9.17, 15) is 9.18 Å². The van der Waals surface area contributed by atoms with Crippen LogP contribution in [0.2, 0.25) is 0 Å². The van der Waals surface area contributed by atoms with Gasteiger partial charge in [0.2, 0.25) is 5.91 Å². The molecule has 1 aliphatic heterocycles. The zero-order chi connectivity index (χ0) is 17.1. The molecule has 3 rings (SSSR count). The number of carbonyl (C=O) groups excluding carboxylic acids is 1. The topological polar surface area (TPSA) is 55.6 Å². The number of rotatable bonds is 3. The fraction of sp³-hybridized carbons (Fsp3) is 0.316. The van der Waals surface area contributed by atoms with Crippen LogP contribution < -0.4 is 5.73 Å². The maximum atomic E-state index is 13.1. The lowest BCUT2D eigenvalue weighted by Crippen LogP contribution is -2.46. The number of nitrogens with two attached hydrogens (primary N) is 1. The molecule has 1 heterocycles. The summed E-state index contributed by atoms with van der Waals surface area (Å²) in [5.41, 5.74) is 8.18. The van der Waals surface area contributed by atoms with E-state index < -0.39 is 0 Å². The van der Waals surface area contributed by atoms with Crippen LogP contribution in [0.5, 0.6) is 0 Å². The molecule has 1 amide bonds. The fourth-order valence-electron chi connectivity index (χ4n) is 2.94. The van der Waals surface area contributed by atoms with Crippen LogP contribution in [0.25, 0.3) is 0 Å². The molecule has 1 aliphatic rings. The van der Waals surface area contributed by atoms with Crippen LogP contribution in [-0.2, 0) is 16.0 Å². The Morgan fingerprint density at radius 1 is 1.17 bits per heavy atom. The first-order chi connectivity index (χ1) is 11.5. The summed E-state index contributed by atoms with van der Waals surface area (Å²) in [4.78, 5) is 14.4. The number of nitrogen functional groups attached to an aromatic ring is 1. The van der Waals surface area contributed by atoms with Gasteiger partial charge in [0.15, 0.2) is 0 Å². The predicted molar refractivity (Wildman–Crippen MR) is 90.8 cm³/mol. The lowest BCUT2D eigenvalue weighted by molar-refractivity contribution is -0.144. The van der Waals surface area contributed by atoms with Crippen LogP contribution in [-0.4, -0.2) is 30.0 Å². The molecule has 24 heavy (non-hydrogen) atoms. The molecule has 2 N–H and O–H groups in total. The molecule has 1 fully saturated rings. The van der Waals surface area contributed by atoms with Crippen molar-refractivity contribution in [3.63, 3.8) is 0 Å². The van der Waals surface area contributed by atoms with Gasteiger partial charge in [0.1, 0.15) is 11.9 Å². The van der Waals surface area contributed by atoms with Gasteiger partial charge in [-0.1, -0.05) is 24.3 Å². The second-order valence-corrected chi connectivity index (χ2v) is 6.20. The summed E-state index contributed by atoms with van der Waals surface area (Å²) in [7, 11) is 0. The number of hydrogen-bond acceptors (Lipinski definition) is 3. The van der Waals surface area contributed by atoms with Crippen LogP contribution >= 0.6 is 0 Å². The molecule has 0 spiro atoms. The van der Waals surface area contributed by atoms with Crippen molar-refractivity contribution < 1.29 is 13.9 Å². The molecular weight excluding hydrogens is 307 g/mol. The van der Waals surface area contributed by atoms with Gasteiger partial charge in [-0.25, -0.2) is 4.39 Å². The molecule has 2 aromatic carbocycles.